The first kappa shape index (κ1) is 16.3. The van der Waals surface area contributed by atoms with Crippen molar-refractivity contribution in [2.45, 2.75) is 6.92 Å². The Hall–Kier alpha value is -2.77. The van der Waals surface area contributed by atoms with Crippen LogP contribution in [-0.2, 0) is 9.53 Å². The summed E-state index contributed by atoms with van der Waals surface area (Å²) in [5, 5.41) is 3.69. The van der Waals surface area contributed by atoms with E-state index in [9.17, 15) is 9.59 Å². The molecule has 0 unspecified atom stereocenters. The highest BCUT2D eigenvalue weighted by atomic mass is 16.6. The van der Waals surface area contributed by atoms with Crippen LogP contribution in [0.4, 0.5) is 4.79 Å². The van der Waals surface area contributed by atoms with Crippen LogP contribution in [0.5, 0.6) is 17.2 Å². The molecule has 0 saturated carbocycles. The predicted octanol–water partition coefficient (Wildman–Crippen LogP) is 1.32. The minimum absolute atomic E-state index is 0.172. The average molecular weight is 296 g/mol. The van der Waals surface area contributed by atoms with E-state index in [4.69, 9.17) is 14.2 Å². The molecule has 0 aliphatic carbocycles. The molecule has 0 aliphatic rings. The number of benzene rings is 1. The molecule has 0 atom stereocenters. The monoisotopic (exact) mass is 296 g/mol. The molecule has 1 amide bonds. The standard InChI is InChI=1S/C13H16N2O6/c1-8(16)21-12-10(18-2)5-9(6-11(12)19-3)7-14-15-13(17)20-4/h5-7H,1-4H3,(H,15,17)/b14-7-. The lowest BCUT2D eigenvalue weighted by atomic mass is 10.2. The molecule has 0 fully saturated rings. The fraction of sp³-hybridized carbons (Fsp3) is 0.308. The fourth-order valence-electron chi connectivity index (χ4n) is 1.42. The Balaban J connectivity index is 3.08. The zero-order valence-electron chi connectivity index (χ0n) is 12.1. The lowest BCUT2D eigenvalue weighted by Crippen LogP contribution is -2.16. The summed E-state index contributed by atoms with van der Waals surface area (Å²) in [4.78, 5) is 22.0. The van der Waals surface area contributed by atoms with Crippen molar-refractivity contribution in [1.29, 1.82) is 0 Å². The first-order chi connectivity index (χ1) is 10.0. The van der Waals surface area contributed by atoms with Gasteiger partial charge in [0.05, 0.1) is 27.5 Å². The van der Waals surface area contributed by atoms with E-state index >= 15 is 0 Å². The first-order valence-corrected chi connectivity index (χ1v) is 5.83. The third-order valence-corrected chi connectivity index (χ3v) is 2.28. The second-order valence-corrected chi connectivity index (χ2v) is 3.71. The number of esters is 1. The van der Waals surface area contributed by atoms with E-state index in [2.05, 4.69) is 15.3 Å². The lowest BCUT2D eigenvalue weighted by molar-refractivity contribution is -0.132. The summed E-state index contributed by atoms with van der Waals surface area (Å²) >= 11 is 0. The summed E-state index contributed by atoms with van der Waals surface area (Å²) in [5.41, 5.74) is 2.71. The number of carbonyl (C=O) groups excluding carboxylic acids is 2. The van der Waals surface area contributed by atoms with Gasteiger partial charge >= 0.3 is 12.1 Å². The first-order valence-electron chi connectivity index (χ1n) is 5.83. The predicted molar refractivity (Wildman–Crippen MR) is 74.0 cm³/mol. The highest BCUT2D eigenvalue weighted by Gasteiger charge is 2.15. The van der Waals surface area contributed by atoms with Crippen LogP contribution < -0.4 is 19.6 Å². The van der Waals surface area contributed by atoms with E-state index in [-0.39, 0.29) is 5.75 Å². The molecule has 8 heteroatoms. The van der Waals surface area contributed by atoms with Gasteiger partial charge in [-0.25, -0.2) is 10.2 Å². The Morgan fingerprint density at radius 3 is 2.14 bits per heavy atom. The number of carbonyl (C=O) groups is 2. The van der Waals surface area contributed by atoms with Crippen LogP contribution in [-0.4, -0.2) is 39.6 Å². The molecule has 1 aromatic carbocycles. The summed E-state index contributed by atoms with van der Waals surface area (Å²) < 4.78 is 19.7. The van der Waals surface area contributed by atoms with Gasteiger partial charge in [0.1, 0.15) is 0 Å². The molecule has 0 aliphatic heterocycles. The van der Waals surface area contributed by atoms with E-state index in [1.165, 1.54) is 34.5 Å². The van der Waals surface area contributed by atoms with Gasteiger partial charge in [-0.15, -0.1) is 0 Å². The SMILES string of the molecule is COC(=O)N/N=C\c1cc(OC)c(OC(C)=O)c(OC)c1. The van der Waals surface area contributed by atoms with Crippen molar-refractivity contribution in [3.8, 4) is 17.2 Å². The van der Waals surface area contributed by atoms with E-state index in [0.717, 1.165) is 0 Å². The van der Waals surface area contributed by atoms with Crippen LogP contribution in [0.25, 0.3) is 0 Å². The highest BCUT2D eigenvalue weighted by Crippen LogP contribution is 2.38. The van der Waals surface area contributed by atoms with Crippen molar-refractivity contribution in [3.63, 3.8) is 0 Å². The zero-order valence-corrected chi connectivity index (χ0v) is 12.1. The van der Waals surface area contributed by atoms with Gasteiger partial charge in [-0.3, -0.25) is 4.79 Å². The maximum Gasteiger partial charge on any atom is 0.427 e. The van der Waals surface area contributed by atoms with Crippen LogP contribution in [0.1, 0.15) is 12.5 Å². The van der Waals surface area contributed by atoms with E-state index < -0.39 is 12.1 Å². The number of rotatable bonds is 5. The molecule has 0 bridgehead atoms. The number of methoxy groups -OCH3 is 3. The van der Waals surface area contributed by atoms with Crippen molar-refractivity contribution in [2.75, 3.05) is 21.3 Å². The molecule has 0 saturated heterocycles. The number of amides is 1. The fourth-order valence-corrected chi connectivity index (χ4v) is 1.42. The third-order valence-electron chi connectivity index (χ3n) is 2.28. The number of nitrogens with zero attached hydrogens (tertiary/aromatic N) is 1. The highest BCUT2D eigenvalue weighted by molar-refractivity contribution is 5.84. The van der Waals surface area contributed by atoms with E-state index in [0.29, 0.717) is 17.1 Å². The maximum atomic E-state index is 11.1. The minimum Gasteiger partial charge on any atom is -0.493 e. The van der Waals surface area contributed by atoms with Crippen LogP contribution >= 0.6 is 0 Å². The molecule has 0 heterocycles. The molecule has 1 N–H and O–H groups in total. The minimum atomic E-state index is -0.693. The zero-order chi connectivity index (χ0) is 15.8. The number of nitrogens with one attached hydrogen (secondary N) is 1. The summed E-state index contributed by atoms with van der Waals surface area (Å²) in [6.07, 6.45) is 0.668. The Morgan fingerprint density at radius 2 is 1.71 bits per heavy atom. The number of ether oxygens (including phenoxy) is 4. The van der Waals surface area contributed by atoms with Crippen LogP contribution in [0.15, 0.2) is 17.2 Å². The van der Waals surface area contributed by atoms with Crippen LogP contribution in [0.2, 0.25) is 0 Å². The van der Waals surface area contributed by atoms with Crippen molar-refractivity contribution in [2.24, 2.45) is 5.10 Å². The smallest absolute Gasteiger partial charge is 0.427 e. The van der Waals surface area contributed by atoms with Gasteiger partial charge < -0.3 is 18.9 Å². The van der Waals surface area contributed by atoms with Crippen molar-refractivity contribution in [1.82, 2.24) is 5.43 Å². The van der Waals surface area contributed by atoms with Gasteiger partial charge in [-0.1, -0.05) is 0 Å². The Morgan fingerprint density at radius 1 is 1.14 bits per heavy atom. The largest absolute Gasteiger partial charge is 0.493 e. The van der Waals surface area contributed by atoms with Crippen molar-refractivity contribution in [3.05, 3.63) is 17.7 Å². The summed E-state index contributed by atoms with van der Waals surface area (Å²) in [5.74, 6) is 0.263. The molecule has 114 valence electrons. The molecule has 21 heavy (non-hydrogen) atoms. The summed E-state index contributed by atoms with van der Waals surface area (Å²) in [6, 6.07) is 3.15. The van der Waals surface area contributed by atoms with Crippen LogP contribution in [0.3, 0.4) is 0 Å². The van der Waals surface area contributed by atoms with Gasteiger partial charge in [-0.05, 0) is 12.1 Å². The third kappa shape index (κ3) is 4.68. The number of hydrazone groups is 1. The van der Waals surface area contributed by atoms with Gasteiger partial charge in [-0.2, -0.15) is 5.10 Å². The normalized spacial score (nSPS) is 10.1. The average Bonchev–Trinajstić information content (AvgIpc) is 2.47. The molecule has 0 radical (unpaired) electrons. The van der Waals surface area contributed by atoms with Gasteiger partial charge in [0.2, 0.25) is 5.75 Å². The summed E-state index contributed by atoms with van der Waals surface area (Å²) in [7, 11) is 4.08. The van der Waals surface area contributed by atoms with Gasteiger partial charge in [0, 0.05) is 12.5 Å². The van der Waals surface area contributed by atoms with E-state index in [1.54, 1.807) is 12.1 Å². The van der Waals surface area contributed by atoms with Crippen molar-refractivity contribution < 1.29 is 28.5 Å². The number of hydrogen-bond donors (Lipinski definition) is 1. The molecule has 1 aromatic rings. The summed E-state index contributed by atoms with van der Waals surface area (Å²) in [6.45, 7) is 1.27. The second-order valence-electron chi connectivity index (χ2n) is 3.71. The quantitative estimate of drug-likeness (QED) is 0.381. The molecular weight excluding hydrogens is 280 g/mol. The maximum absolute atomic E-state index is 11.1. The Kier molecular flexibility index (Phi) is 5.99. The Labute approximate surface area is 121 Å². The van der Waals surface area contributed by atoms with Gasteiger partial charge in [0.15, 0.2) is 11.5 Å². The molecule has 0 aromatic heterocycles. The number of hydrogen-bond acceptors (Lipinski definition) is 7. The molecular formula is C13H16N2O6. The van der Waals surface area contributed by atoms with Crippen LogP contribution in [0, 0.1) is 0 Å². The van der Waals surface area contributed by atoms with Crippen molar-refractivity contribution >= 4 is 18.3 Å². The molecule has 8 nitrogen and oxygen atoms in total. The Bertz CT molecular complexity index is 531. The second kappa shape index (κ2) is 7.73. The van der Waals surface area contributed by atoms with Gasteiger partial charge in [0.25, 0.3) is 0 Å². The molecule has 0 spiro atoms. The topological polar surface area (TPSA) is 95.5 Å². The lowest BCUT2D eigenvalue weighted by Gasteiger charge is -2.13. The molecule has 1 rings (SSSR count). The van der Waals surface area contributed by atoms with E-state index in [1.807, 2.05) is 0 Å².